The van der Waals surface area contributed by atoms with Crippen molar-refractivity contribution in [1.82, 2.24) is 15.0 Å². The zero-order valence-corrected chi connectivity index (χ0v) is 13.1. The van der Waals surface area contributed by atoms with Crippen LogP contribution in [0.25, 0.3) is 0 Å². The lowest BCUT2D eigenvalue weighted by Gasteiger charge is -2.19. The molecule has 1 aromatic heterocycles. The molecular formula is C15H17N3O3S. The lowest BCUT2D eigenvalue weighted by atomic mass is 9.92. The van der Waals surface area contributed by atoms with Gasteiger partial charge in [-0.2, -0.15) is 4.98 Å². The Hall–Kier alpha value is -1.73. The first-order chi connectivity index (χ1) is 10.5. The highest BCUT2D eigenvalue weighted by atomic mass is 32.2. The molecule has 3 heterocycles. The lowest BCUT2D eigenvalue weighted by molar-refractivity contribution is 0.184. The summed E-state index contributed by atoms with van der Waals surface area (Å²) in [5.41, 5.74) is 2.80. The number of nitrogens with zero attached hydrogens (tertiary/aromatic N) is 3. The molecule has 2 bridgehead atoms. The molecule has 0 aliphatic carbocycles. The van der Waals surface area contributed by atoms with Crippen LogP contribution < -0.4 is 0 Å². The zero-order valence-electron chi connectivity index (χ0n) is 12.3. The number of fused-ring (bicyclic) bond motifs is 5. The maximum atomic E-state index is 11.3. The maximum Gasteiger partial charge on any atom is 0.240 e. The molecule has 2 aliphatic heterocycles. The number of hydrogen-bond acceptors (Lipinski definition) is 6. The van der Waals surface area contributed by atoms with Gasteiger partial charge in [0.1, 0.15) is 5.75 Å². The second kappa shape index (κ2) is 4.89. The molecule has 0 spiro atoms. The summed E-state index contributed by atoms with van der Waals surface area (Å²) in [6.45, 7) is 0.570. The fourth-order valence-electron chi connectivity index (χ4n) is 3.67. The summed E-state index contributed by atoms with van der Waals surface area (Å²) < 4.78 is 27.8. The van der Waals surface area contributed by atoms with Gasteiger partial charge >= 0.3 is 0 Å². The van der Waals surface area contributed by atoms with E-state index in [1.54, 1.807) is 0 Å². The van der Waals surface area contributed by atoms with E-state index in [0.29, 0.717) is 24.5 Å². The van der Waals surface area contributed by atoms with Gasteiger partial charge in [-0.15, -0.1) is 0 Å². The van der Waals surface area contributed by atoms with Gasteiger partial charge in [0.15, 0.2) is 15.7 Å². The number of hydrogen-bond donors (Lipinski definition) is 0. The molecule has 22 heavy (non-hydrogen) atoms. The average Bonchev–Trinajstić information content (AvgIpc) is 3.13. The third-order valence-electron chi connectivity index (χ3n) is 4.45. The lowest BCUT2D eigenvalue weighted by Crippen LogP contribution is -2.19. The van der Waals surface area contributed by atoms with Crippen molar-refractivity contribution in [1.29, 1.82) is 0 Å². The molecule has 1 aromatic carbocycles. The van der Waals surface area contributed by atoms with Gasteiger partial charge in [0.2, 0.25) is 5.89 Å². The molecule has 0 saturated carbocycles. The van der Waals surface area contributed by atoms with Gasteiger partial charge in [-0.1, -0.05) is 29.4 Å². The Labute approximate surface area is 129 Å². The predicted molar refractivity (Wildman–Crippen MR) is 79.5 cm³/mol. The minimum absolute atomic E-state index is 0.177. The van der Waals surface area contributed by atoms with Crippen LogP contribution in [0.1, 0.15) is 47.8 Å². The summed E-state index contributed by atoms with van der Waals surface area (Å²) >= 11 is 0. The van der Waals surface area contributed by atoms with E-state index in [4.69, 9.17) is 4.52 Å². The van der Waals surface area contributed by atoms with E-state index in [1.165, 1.54) is 17.4 Å². The minimum atomic E-state index is -3.14. The molecule has 1 saturated heterocycles. The molecule has 2 aliphatic rings. The summed E-state index contributed by atoms with van der Waals surface area (Å²) in [5.74, 6) is 0.550. The Kier molecular flexibility index (Phi) is 3.09. The molecule has 7 heteroatoms. The van der Waals surface area contributed by atoms with E-state index in [-0.39, 0.29) is 11.6 Å². The van der Waals surface area contributed by atoms with Crippen LogP contribution in [0.4, 0.5) is 0 Å². The van der Waals surface area contributed by atoms with Gasteiger partial charge in [0.05, 0.1) is 6.54 Å². The van der Waals surface area contributed by atoms with Gasteiger partial charge < -0.3 is 4.52 Å². The van der Waals surface area contributed by atoms with Crippen molar-refractivity contribution in [3.05, 3.63) is 47.1 Å². The molecule has 116 valence electrons. The number of benzene rings is 1. The molecule has 0 radical (unpaired) electrons. The first-order valence-corrected chi connectivity index (χ1v) is 9.41. The van der Waals surface area contributed by atoms with Crippen LogP contribution in [0.5, 0.6) is 0 Å². The van der Waals surface area contributed by atoms with Crippen LogP contribution in [0, 0.1) is 0 Å². The van der Waals surface area contributed by atoms with E-state index >= 15 is 0 Å². The standard InChI is InChI=1S/C15H17N3O3S/c1-22(19,20)9-14-16-15(21-17-14)8-18-12-6-7-13(18)11-5-3-2-4-10(11)12/h2-5,12-13H,6-9H2,1H3/t12-,13-/m0/s1. The molecular weight excluding hydrogens is 302 g/mol. The maximum absolute atomic E-state index is 11.3. The molecule has 0 amide bonds. The van der Waals surface area contributed by atoms with Gasteiger partial charge in [-0.25, -0.2) is 8.42 Å². The normalized spacial score (nSPS) is 23.9. The Balaban J connectivity index is 1.54. The Bertz CT molecular complexity index is 784. The summed E-state index contributed by atoms with van der Waals surface area (Å²) in [7, 11) is -3.14. The topological polar surface area (TPSA) is 76.3 Å². The summed E-state index contributed by atoms with van der Waals surface area (Å²) in [4.78, 5) is 6.60. The Morgan fingerprint density at radius 1 is 1.23 bits per heavy atom. The van der Waals surface area contributed by atoms with Crippen molar-refractivity contribution in [2.45, 2.75) is 37.2 Å². The SMILES string of the molecule is CS(=O)(=O)Cc1noc(CN2[C@H]3CC[C@H]2c2ccccc23)n1. The fraction of sp³-hybridized carbons (Fsp3) is 0.467. The van der Waals surface area contributed by atoms with Gasteiger partial charge in [0, 0.05) is 18.3 Å². The second-order valence-corrected chi connectivity index (χ2v) is 8.22. The van der Waals surface area contributed by atoms with Crippen LogP contribution >= 0.6 is 0 Å². The van der Waals surface area contributed by atoms with Crippen molar-refractivity contribution in [2.75, 3.05) is 6.26 Å². The molecule has 0 N–H and O–H groups in total. The first kappa shape index (κ1) is 13.9. The van der Waals surface area contributed by atoms with Crippen LogP contribution in [-0.4, -0.2) is 29.7 Å². The van der Waals surface area contributed by atoms with Crippen LogP contribution in [-0.2, 0) is 22.1 Å². The third-order valence-corrected chi connectivity index (χ3v) is 5.23. The minimum Gasteiger partial charge on any atom is -0.338 e. The van der Waals surface area contributed by atoms with E-state index < -0.39 is 9.84 Å². The third kappa shape index (κ3) is 2.34. The largest absolute Gasteiger partial charge is 0.338 e. The van der Waals surface area contributed by atoms with Crippen LogP contribution in [0.3, 0.4) is 0 Å². The fourth-order valence-corrected chi connectivity index (χ4v) is 4.26. The Morgan fingerprint density at radius 3 is 2.45 bits per heavy atom. The average molecular weight is 319 g/mol. The molecule has 6 nitrogen and oxygen atoms in total. The highest BCUT2D eigenvalue weighted by Crippen LogP contribution is 2.53. The second-order valence-electron chi connectivity index (χ2n) is 6.08. The first-order valence-electron chi connectivity index (χ1n) is 7.35. The van der Waals surface area contributed by atoms with Crippen LogP contribution in [0.2, 0.25) is 0 Å². The summed E-state index contributed by atoms with van der Waals surface area (Å²) in [6.07, 6.45) is 3.46. The van der Waals surface area contributed by atoms with Gasteiger partial charge in [-0.05, 0) is 24.0 Å². The molecule has 4 rings (SSSR count). The Morgan fingerprint density at radius 2 is 1.86 bits per heavy atom. The summed E-state index contributed by atoms with van der Waals surface area (Å²) in [6, 6.07) is 9.35. The zero-order chi connectivity index (χ0) is 15.3. The quantitative estimate of drug-likeness (QED) is 0.858. The van der Waals surface area contributed by atoms with Crippen molar-refractivity contribution in [3.63, 3.8) is 0 Å². The van der Waals surface area contributed by atoms with E-state index in [2.05, 4.69) is 39.3 Å². The highest BCUT2D eigenvalue weighted by Gasteiger charge is 2.43. The van der Waals surface area contributed by atoms with Crippen molar-refractivity contribution >= 4 is 9.84 Å². The van der Waals surface area contributed by atoms with E-state index in [9.17, 15) is 8.42 Å². The molecule has 2 aromatic rings. The molecule has 2 atom stereocenters. The van der Waals surface area contributed by atoms with E-state index in [1.807, 2.05) is 0 Å². The van der Waals surface area contributed by atoms with Crippen molar-refractivity contribution in [3.8, 4) is 0 Å². The molecule has 1 fully saturated rings. The number of aromatic nitrogens is 2. The summed E-state index contributed by atoms with van der Waals surface area (Å²) in [5, 5.41) is 3.77. The van der Waals surface area contributed by atoms with Crippen molar-refractivity contribution in [2.24, 2.45) is 0 Å². The molecule has 0 unspecified atom stereocenters. The van der Waals surface area contributed by atoms with E-state index in [0.717, 1.165) is 12.8 Å². The number of rotatable bonds is 4. The van der Waals surface area contributed by atoms with Gasteiger partial charge in [0.25, 0.3) is 0 Å². The van der Waals surface area contributed by atoms with Crippen molar-refractivity contribution < 1.29 is 12.9 Å². The highest BCUT2D eigenvalue weighted by molar-refractivity contribution is 7.89. The monoisotopic (exact) mass is 319 g/mol. The van der Waals surface area contributed by atoms with Gasteiger partial charge in [-0.3, -0.25) is 4.90 Å². The number of sulfone groups is 1. The predicted octanol–water partition coefficient (Wildman–Crippen LogP) is 2.01. The van der Waals surface area contributed by atoms with Crippen LogP contribution in [0.15, 0.2) is 28.8 Å². The smallest absolute Gasteiger partial charge is 0.240 e.